The van der Waals surface area contributed by atoms with Crippen LogP contribution in [-0.2, 0) is 11.8 Å². The van der Waals surface area contributed by atoms with Crippen LogP contribution in [0.15, 0.2) is 0 Å². The zero-order valence-corrected chi connectivity index (χ0v) is 9.42. The number of hydrogen-bond acceptors (Lipinski definition) is 3. The van der Waals surface area contributed by atoms with Crippen LogP contribution in [0.25, 0.3) is 0 Å². The van der Waals surface area contributed by atoms with E-state index in [2.05, 4.69) is 9.84 Å². The van der Waals surface area contributed by atoms with Crippen LogP contribution >= 0.6 is 11.6 Å². The smallest absolute Gasteiger partial charge is 0.342 e. The van der Waals surface area contributed by atoms with Gasteiger partial charge >= 0.3 is 5.97 Å². The van der Waals surface area contributed by atoms with E-state index in [0.29, 0.717) is 16.4 Å². The summed E-state index contributed by atoms with van der Waals surface area (Å²) in [6.45, 7) is 3.90. The second-order valence-corrected chi connectivity index (χ2v) is 3.68. The number of methoxy groups -OCH3 is 1. The maximum absolute atomic E-state index is 11.4. The Morgan fingerprint density at radius 2 is 2.14 bits per heavy atom. The van der Waals surface area contributed by atoms with Gasteiger partial charge in [0.1, 0.15) is 10.7 Å². The minimum absolute atomic E-state index is 0.141. The van der Waals surface area contributed by atoms with Crippen molar-refractivity contribution < 1.29 is 9.53 Å². The Bertz CT molecular complexity index is 358. The normalized spacial score (nSPS) is 10.7. The maximum Gasteiger partial charge on any atom is 0.342 e. The number of aryl methyl sites for hydroxylation is 1. The van der Waals surface area contributed by atoms with Gasteiger partial charge in [0.05, 0.1) is 12.8 Å². The molecular formula is C9H13ClN2O2. The number of ether oxygens (including phenoxy) is 1. The molecule has 0 fully saturated rings. The summed E-state index contributed by atoms with van der Waals surface area (Å²) in [6, 6.07) is 0. The van der Waals surface area contributed by atoms with Crippen LogP contribution in [-0.4, -0.2) is 22.9 Å². The molecule has 0 unspecified atom stereocenters. The largest absolute Gasteiger partial charge is 0.465 e. The van der Waals surface area contributed by atoms with Gasteiger partial charge in [-0.1, -0.05) is 25.4 Å². The molecule has 5 heteroatoms. The van der Waals surface area contributed by atoms with E-state index < -0.39 is 5.97 Å². The number of esters is 1. The highest BCUT2D eigenvalue weighted by Gasteiger charge is 2.23. The molecular weight excluding hydrogens is 204 g/mol. The third kappa shape index (κ3) is 1.75. The molecule has 1 rings (SSSR count). The van der Waals surface area contributed by atoms with E-state index in [-0.39, 0.29) is 5.92 Å². The average Bonchev–Trinajstić information content (AvgIpc) is 2.43. The summed E-state index contributed by atoms with van der Waals surface area (Å²) < 4.78 is 6.12. The van der Waals surface area contributed by atoms with Crippen LogP contribution in [0.2, 0.25) is 5.15 Å². The van der Waals surface area contributed by atoms with Crippen molar-refractivity contribution in [3.8, 4) is 0 Å². The molecule has 0 spiro atoms. The average molecular weight is 217 g/mol. The lowest BCUT2D eigenvalue weighted by atomic mass is 10.1. The molecule has 0 atom stereocenters. The molecule has 0 radical (unpaired) electrons. The Labute approximate surface area is 87.8 Å². The van der Waals surface area contributed by atoms with E-state index >= 15 is 0 Å². The van der Waals surface area contributed by atoms with Crippen molar-refractivity contribution in [3.05, 3.63) is 16.4 Å². The molecule has 0 saturated heterocycles. The quantitative estimate of drug-likeness (QED) is 0.711. The van der Waals surface area contributed by atoms with Crippen molar-refractivity contribution in [2.75, 3.05) is 7.11 Å². The minimum atomic E-state index is -0.438. The van der Waals surface area contributed by atoms with Gasteiger partial charge in [-0.3, -0.25) is 4.68 Å². The van der Waals surface area contributed by atoms with Crippen molar-refractivity contribution in [3.63, 3.8) is 0 Å². The van der Waals surface area contributed by atoms with Gasteiger partial charge in [-0.05, 0) is 5.92 Å². The summed E-state index contributed by atoms with van der Waals surface area (Å²) in [7, 11) is 3.02. The van der Waals surface area contributed by atoms with E-state index in [9.17, 15) is 4.79 Å². The summed E-state index contributed by atoms with van der Waals surface area (Å²) in [5, 5.41) is 4.48. The first-order valence-corrected chi connectivity index (χ1v) is 4.67. The van der Waals surface area contributed by atoms with Crippen LogP contribution in [0, 0.1) is 0 Å². The molecule has 0 aliphatic rings. The molecule has 0 aromatic carbocycles. The lowest BCUT2D eigenvalue weighted by molar-refractivity contribution is 0.0599. The number of carbonyl (C=O) groups excluding carboxylic acids is 1. The number of halogens is 1. The second kappa shape index (κ2) is 4.00. The maximum atomic E-state index is 11.4. The number of carbonyl (C=O) groups is 1. The summed E-state index contributed by atoms with van der Waals surface area (Å²) in [4.78, 5) is 11.4. The fourth-order valence-electron chi connectivity index (χ4n) is 1.22. The second-order valence-electron chi connectivity index (χ2n) is 3.32. The first-order valence-electron chi connectivity index (χ1n) is 4.29. The Morgan fingerprint density at radius 3 is 2.57 bits per heavy atom. The van der Waals surface area contributed by atoms with Crippen molar-refractivity contribution in [2.24, 2.45) is 7.05 Å². The van der Waals surface area contributed by atoms with Gasteiger partial charge in [-0.2, -0.15) is 5.10 Å². The Kier molecular flexibility index (Phi) is 3.16. The lowest BCUT2D eigenvalue weighted by Gasteiger charge is -2.02. The molecule has 0 saturated carbocycles. The fourth-order valence-corrected chi connectivity index (χ4v) is 1.43. The summed E-state index contributed by atoms with van der Waals surface area (Å²) in [6.07, 6.45) is 0. The topological polar surface area (TPSA) is 44.1 Å². The minimum Gasteiger partial charge on any atom is -0.465 e. The van der Waals surface area contributed by atoms with Gasteiger partial charge in [-0.25, -0.2) is 4.79 Å². The lowest BCUT2D eigenvalue weighted by Crippen LogP contribution is -2.05. The number of rotatable bonds is 2. The summed E-state index contributed by atoms with van der Waals surface area (Å²) in [5.74, 6) is -0.297. The van der Waals surface area contributed by atoms with E-state index in [1.807, 2.05) is 13.8 Å². The molecule has 0 amide bonds. The van der Waals surface area contributed by atoms with E-state index in [0.717, 1.165) is 0 Å². The standard InChI is InChI=1S/C9H13ClN2O2/c1-5(2)7-6(9(13)14-4)8(10)12(3)11-7/h5H,1-4H3. The zero-order valence-electron chi connectivity index (χ0n) is 8.67. The van der Waals surface area contributed by atoms with Gasteiger partial charge in [0.25, 0.3) is 0 Å². The van der Waals surface area contributed by atoms with Gasteiger partial charge in [0, 0.05) is 7.05 Å². The van der Waals surface area contributed by atoms with Crippen LogP contribution < -0.4 is 0 Å². The highest BCUT2D eigenvalue weighted by Crippen LogP contribution is 2.25. The first kappa shape index (κ1) is 11.0. The summed E-state index contributed by atoms with van der Waals surface area (Å²) in [5.41, 5.74) is 1.04. The highest BCUT2D eigenvalue weighted by atomic mass is 35.5. The van der Waals surface area contributed by atoms with Crippen LogP contribution in [0.5, 0.6) is 0 Å². The first-order chi connectivity index (χ1) is 6.49. The predicted octanol–water partition coefficient (Wildman–Crippen LogP) is 1.98. The highest BCUT2D eigenvalue weighted by molar-refractivity contribution is 6.32. The van der Waals surface area contributed by atoms with Crippen LogP contribution in [0.3, 0.4) is 0 Å². The molecule has 1 aromatic heterocycles. The molecule has 0 N–H and O–H groups in total. The Hall–Kier alpha value is -1.03. The SMILES string of the molecule is COC(=O)c1c(C(C)C)nn(C)c1Cl. The Morgan fingerprint density at radius 1 is 1.57 bits per heavy atom. The van der Waals surface area contributed by atoms with Crippen LogP contribution in [0.1, 0.15) is 35.8 Å². The fraction of sp³-hybridized carbons (Fsp3) is 0.556. The number of nitrogens with zero attached hydrogens (tertiary/aromatic N) is 2. The zero-order chi connectivity index (χ0) is 10.9. The van der Waals surface area contributed by atoms with Gasteiger partial charge in [-0.15, -0.1) is 0 Å². The van der Waals surface area contributed by atoms with E-state index in [4.69, 9.17) is 11.6 Å². The third-order valence-electron chi connectivity index (χ3n) is 1.94. The van der Waals surface area contributed by atoms with Crippen molar-refractivity contribution in [1.82, 2.24) is 9.78 Å². The Balaban J connectivity index is 3.30. The summed E-state index contributed by atoms with van der Waals surface area (Å²) >= 11 is 5.93. The molecule has 0 bridgehead atoms. The van der Waals surface area contributed by atoms with Gasteiger partial charge in [0.2, 0.25) is 0 Å². The van der Waals surface area contributed by atoms with Crippen LogP contribution in [0.4, 0.5) is 0 Å². The molecule has 4 nitrogen and oxygen atoms in total. The third-order valence-corrected chi connectivity index (χ3v) is 2.37. The number of aromatic nitrogens is 2. The van der Waals surface area contributed by atoms with Crippen molar-refractivity contribution >= 4 is 17.6 Å². The van der Waals surface area contributed by atoms with E-state index in [1.165, 1.54) is 11.8 Å². The molecule has 0 aliphatic carbocycles. The van der Waals surface area contributed by atoms with Crippen molar-refractivity contribution in [2.45, 2.75) is 19.8 Å². The van der Waals surface area contributed by atoms with Gasteiger partial charge in [0.15, 0.2) is 0 Å². The van der Waals surface area contributed by atoms with E-state index in [1.54, 1.807) is 7.05 Å². The molecule has 1 aromatic rings. The predicted molar refractivity (Wildman–Crippen MR) is 53.6 cm³/mol. The molecule has 14 heavy (non-hydrogen) atoms. The number of hydrogen-bond donors (Lipinski definition) is 0. The molecule has 1 heterocycles. The molecule has 78 valence electrons. The van der Waals surface area contributed by atoms with Gasteiger partial charge < -0.3 is 4.74 Å². The van der Waals surface area contributed by atoms with Crippen molar-refractivity contribution in [1.29, 1.82) is 0 Å². The monoisotopic (exact) mass is 216 g/mol. The molecule has 0 aliphatic heterocycles.